The number of benzene rings is 1. The molecule has 1 aliphatic heterocycles. The first-order valence-electron chi connectivity index (χ1n) is 7.14. The highest BCUT2D eigenvalue weighted by Crippen LogP contribution is 2.35. The van der Waals surface area contributed by atoms with Crippen LogP contribution in [0.5, 0.6) is 0 Å². The molecule has 1 aromatic carbocycles. The van der Waals surface area contributed by atoms with Crippen molar-refractivity contribution in [1.29, 1.82) is 0 Å². The molecular formula is C16H22FNO2S. The van der Waals surface area contributed by atoms with Gasteiger partial charge in [0.05, 0.1) is 6.04 Å². The molecule has 1 amide bonds. The van der Waals surface area contributed by atoms with Gasteiger partial charge in [-0.15, -0.1) is 11.8 Å². The van der Waals surface area contributed by atoms with Gasteiger partial charge in [-0.3, -0.25) is 0 Å². The minimum atomic E-state index is -0.517. The van der Waals surface area contributed by atoms with E-state index in [0.717, 1.165) is 23.3 Å². The summed E-state index contributed by atoms with van der Waals surface area (Å²) in [7, 11) is 0. The summed E-state index contributed by atoms with van der Waals surface area (Å²) >= 11 is 1.50. The fraction of sp³-hybridized carbons (Fsp3) is 0.562. The van der Waals surface area contributed by atoms with Crippen LogP contribution in [0, 0.1) is 5.82 Å². The monoisotopic (exact) mass is 311 g/mol. The zero-order valence-corrected chi connectivity index (χ0v) is 13.8. The average Bonchev–Trinajstić information content (AvgIpc) is 2.85. The number of nitrogens with zero attached hydrogens (tertiary/aromatic N) is 1. The third-order valence-electron chi connectivity index (χ3n) is 3.39. The van der Waals surface area contributed by atoms with Gasteiger partial charge >= 0.3 is 6.09 Å². The molecular weight excluding hydrogens is 289 g/mol. The van der Waals surface area contributed by atoms with Crippen LogP contribution in [0.3, 0.4) is 0 Å². The SMILES string of the molecule is CSc1cc(F)cc(C2CCCN2C(=O)OC(C)(C)C)c1. The number of likely N-dealkylation sites (tertiary alicyclic amines) is 1. The molecule has 5 heteroatoms. The summed E-state index contributed by atoms with van der Waals surface area (Å²) in [5.74, 6) is -0.257. The maximum atomic E-state index is 13.7. The van der Waals surface area contributed by atoms with Gasteiger partial charge in [-0.05, 0) is 63.6 Å². The number of carbonyl (C=O) groups excluding carboxylic acids is 1. The van der Waals surface area contributed by atoms with Gasteiger partial charge in [0.2, 0.25) is 0 Å². The first kappa shape index (κ1) is 16.1. The van der Waals surface area contributed by atoms with Crippen molar-refractivity contribution in [2.24, 2.45) is 0 Å². The van der Waals surface area contributed by atoms with Crippen LogP contribution in [0.1, 0.15) is 45.2 Å². The van der Waals surface area contributed by atoms with Crippen molar-refractivity contribution in [3.05, 3.63) is 29.6 Å². The van der Waals surface area contributed by atoms with Crippen molar-refractivity contribution in [3.8, 4) is 0 Å². The Balaban J connectivity index is 2.22. The number of rotatable bonds is 2. The van der Waals surface area contributed by atoms with Crippen molar-refractivity contribution in [2.75, 3.05) is 12.8 Å². The lowest BCUT2D eigenvalue weighted by molar-refractivity contribution is 0.0224. The smallest absolute Gasteiger partial charge is 0.410 e. The Bertz CT molecular complexity index is 527. The highest BCUT2D eigenvalue weighted by atomic mass is 32.2. The molecule has 0 N–H and O–H groups in total. The normalized spacial score (nSPS) is 18.9. The van der Waals surface area contributed by atoms with Gasteiger partial charge in [-0.1, -0.05) is 0 Å². The van der Waals surface area contributed by atoms with Gasteiger partial charge in [0, 0.05) is 11.4 Å². The van der Waals surface area contributed by atoms with E-state index in [9.17, 15) is 9.18 Å². The van der Waals surface area contributed by atoms with E-state index in [-0.39, 0.29) is 18.0 Å². The van der Waals surface area contributed by atoms with Crippen LogP contribution in [0.15, 0.2) is 23.1 Å². The van der Waals surface area contributed by atoms with Crippen LogP contribution in [-0.2, 0) is 4.74 Å². The lowest BCUT2D eigenvalue weighted by Gasteiger charge is -2.29. The number of thioether (sulfide) groups is 1. The Kier molecular flexibility index (Phi) is 4.81. The summed E-state index contributed by atoms with van der Waals surface area (Å²) in [6.07, 6.45) is 3.35. The first-order chi connectivity index (χ1) is 9.80. The summed E-state index contributed by atoms with van der Waals surface area (Å²) < 4.78 is 19.2. The number of hydrogen-bond donors (Lipinski definition) is 0. The van der Waals surface area contributed by atoms with Gasteiger partial charge in [0.1, 0.15) is 11.4 Å². The minimum Gasteiger partial charge on any atom is -0.444 e. The van der Waals surface area contributed by atoms with Crippen LogP contribution >= 0.6 is 11.8 Å². The molecule has 1 aromatic rings. The molecule has 0 bridgehead atoms. The topological polar surface area (TPSA) is 29.5 Å². The van der Waals surface area contributed by atoms with Gasteiger partial charge in [-0.2, -0.15) is 0 Å². The summed E-state index contributed by atoms with van der Waals surface area (Å²) in [6, 6.07) is 4.90. The predicted octanol–water partition coefficient (Wildman–Crippen LogP) is 4.62. The number of carbonyl (C=O) groups is 1. The molecule has 0 spiro atoms. The molecule has 1 aliphatic rings. The van der Waals surface area contributed by atoms with Crippen molar-refractivity contribution in [1.82, 2.24) is 4.90 Å². The number of hydrogen-bond acceptors (Lipinski definition) is 3. The number of halogens is 1. The highest BCUT2D eigenvalue weighted by Gasteiger charge is 2.33. The second-order valence-electron chi connectivity index (χ2n) is 6.26. The number of ether oxygens (including phenoxy) is 1. The van der Waals surface area contributed by atoms with Crippen molar-refractivity contribution >= 4 is 17.9 Å². The van der Waals surface area contributed by atoms with Crippen molar-refractivity contribution < 1.29 is 13.9 Å². The molecule has 2 rings (SSSR count). The number of amides is 1. The van der Waals surface area contributed by atoms with Crippen LogP contribution in [-0.4, -0.2) is 29.4 Å². The maximum Gasteiger partial charge on any atom is 0.410 e. The standard InChI is InChI=1S/C16H22FNO2S/c1-16(2,3)20-15(19)18-7-5-6-14(18)11-8-12(17)10-13(9-11)21-4/h8-10,14H,5-7H2,1-4H3. The van der Waals surface area contributed by atoms with E-state index < -0.39 is 5.60 Å². The molecule has 1 saturated heterocycles. The molecule has 1 heterocycles. The summed E-state index contributed by atoms with van der Waals surface area (Å²) in [6.45, 7) is 6.21. The lowest BCUT2D eigenvalue weighted by Crippen LogP contribution is -2.36. The second-order valence-corrected chi connectivity index (χ2v) is 7.14. The van der Waals surface area contributed by atoms with E-state index in [1.54, 1.807) is 4.90 Å². The first-order valence-corrected chi connectivity index (χ1v) is 8.37. The summed E-state index contributed by atoms with van der Waals surface area (Å²) in [5.41, 5.74) is 0.332. The maximum absolute atomic E-state index is 13.7. The second kappa shape index (κ2) is 6.26. The van der Waals surface area contributed by atoms with Crippen LogP contribution in [0.2, 0.25) is 0 Å². The van der Waals surface area contributed by atoms with Gasteiger partial charge in [0.25, 0.3) is 0 Å². The van der Waals surface area contributed by atoms with E-state index in [2.05, 4.69) is 0 Å². The van der Waals surface area contributed by atoms with Crippen LogP contribution in [0.4, 0.5) is 9.18 Å². The molecule has 1 atom stereocenters. The molecule has 3 nitrogen and oxygen atoms in total. The summed E-state index contributed by atoms with van der Waals surface area (Å²) in [4.78, 5) is 14.9. The zero-order valence-electron chi connectivity index (χ0n) is 13.0. The Hall–Kier alpha value is -1.23. The van der Waals surface area contributed by atoms with Gasteiger partial charge < -0.3 is 9.64 Å². The Labute approximate surface area is 129 Å². The summed E-state index contributed by atoms with van der Waals surface area (Å²) in [5, 5.41) is 0. The third-order valence-corrected chi connectivity index (χ3v) is 4.10. The molecule has 0 aromatic heterocycles. The fourth-order valence-electron chi connectivity index (χ4n) is 2.55. The highest BCUT2D eigenvalue weighted by molar-refractivity contribution is 7.98. The Morgan fingerprint density at radius 3 is 2.71 bits per heavy atom. The van der Waals surface area contributed by atoms with E-state index in [0.29, 0.717) is 6.54 Å². The molecule has 116 valence electrons. The molecule has 0 aliphatic carbocycles. The predicted molar refractivity (Wildman–Crippen MR) is 83.1 cm³/mol. The lowest BCUT2D eigenvalue weighted by atomic mass is 10.0. The fourth-order valence-corrected chi connectivity index (χ4v) is 3.03. The third kappa shape index (κ3) is 4.13. The van der Waals surface area contributed by atoms with E-state index in [4.69, 9.17) is 4.74 Å². The van der Waals surface area contributed by atoms with Crippen LogP contribution < -0.4 is 0 Å². The van der Waals surface area contributed by atoms with Crippen LogP contribution in [0.25, 0.3) is 0 Å². The molecule has 21 heavy (non-hydrogen) atoms. The van der Waals surface area contributed by atoms with E-state index in [1.807, 2.05) is 33.1 Å². The Morgan fingerprint density at radius 2 is 2.10 bits per heavy atom. The van der Waals surface area contributed by atoms with Crippen molar-refractivity contribution in [2.45, 2.75) is 50.2 Å². The minimum absolute atomic E-state index is 0.0959. The molecule has 0 radical (unpaired) electrons. The molecule has 1 unspecified atom stereocenters. The quantitative estimate of drug-likeness (QED) is 0.746. The molecule has 1 fully saturated rings. The zero-order chi connectivity index (χ0) is 15.6. The van der Waals surface area contributed by atoms with Crippen molar-refractivity contribution in [3.63, 3.8) is 0 Å². The molecule has 0 saturated carbocycles. The largest absolute Gasteiger partial charge is 0.444 e. The Morgan fingerprint density at radius 1 is 1.38 bits per heavy atom. The van der Waals surface area contributed by atoms with E-state index in [1.165, 1.54) is 23.9 Å². The van der Waals surface area contributed by atoms with E-state index >= 15 is 0 Å². The van der Waals surface area contributed by atoms with Gasteiger partial charge in [0.15, 0.2) is 0 Å². The van der Waals surface area contributed by atoms with Gasteiger partial charge in [-0.25, -0.2) is 9.18 Å². The average molecular weight is 311 g/mol.